The maximum atomic E-state index is 6.75. The number of aromatic nitrogens is 2. The fourth-order valence-electron chi connectivity index (χ4n) is 0.965. The standard InChI is InChI=1S/C9H5N3S/c1-10-9-11-8(12-13-9)7-5-3-2-4-6-7/h2-6H. The van der Waals surface area contributed by atoms with Crippen LogP contribution in [0.5, 0.6) is 0 Å². The molecule has 2 rings (SSSR count). The van der Waals surface area contributed by atoms with Gasteiger partial charge in [-0.05, 0) is 23.7 Å². The Hall–Kier alpha value is -1.73. The van der Waals surface area contributed by atoms with Gasteiger partial charge >= 0.3 is 5.13 Å². The molecule has 0 aliphatic carbocycles. The maximum absolute atomic E-state index is 6.75. The predicted molar refractivity (Wildman–Crippen MR) is 51.6 cm³/mol. The number of hydrogen-bond donors (Lipinski definition) is 0. The molecule has 3 nitrogen and oxygen atoms in total. The van der Waals surface area contributed by atoms with Crippen molar-refractivity contribution < 1.29 is 0 Å². The van der Waals surface area contributed by atoms with Crippen LogP contribution < -0.4 is 0 Å². The van der Waals surface area contributed by atoms with Gasteiger partial charge in [0.05, 0.1) is 0 Å². The van der Waals surface area contributed by atoms with Crippen LogP contribution in [0.3, 0.4) is 0 Å². The summed E-state index contributed by atoms with van der Waals surface area (Å²) in [6, 6.07) is 9.64. The quantitative estimate of drug-likeness (QED) is 0.642. The van der Waals surface area contributed by atoms with E-state index in [2.05, 4.69) is 14.2 Å². The SMILES string of the molecule is [C-]#[N+]c1nc(-c2ccccc2)ns1. The van der Waals surface area contributed by atoms with Gasteiger partial charge in [0.15, 0.2) is 0 Å². The van der Waals surface area contributed by atoms with E-state index in [-0.39, 0.29) is 0 Å². The van der Waals surface area contributed by atoms with Gasteiger partial charge in [0, 0.05) is 5.56 Å². The van der Waals surface area contributed by atoms with E-state index in [1.54, 1.807) is 0 Å². The summed E-state index contributed by atoms with van der Waals surface area (Å²) >= 11 is 1.13. The summed E-state index contributed by atoms with van der Waals surface area (Å²) in [5.74, 6) is 0.636. The van der Waals surface area contributed by atoms with Crippen LogP contribution >= 0.6 is 11.5 Å². The maximum Gasteiger partial charge on any atom is 0.348 e. The molecular formula is C9H5N3S. The Morgan fingerprint density at radius 1 is 1.23 bits per heavy atom. The van der Waals surface area contributed by atoms with E-state index in [4.69, 9.17) is 6.57 Å². The molecule has 4 heteroatoms. The Balaban J connectivity index is 2.43. The number of hydrogen-bond acceptors (Lipinski definition) is 3. The summed E-state index contributed by atoms with van der Waals surface area (Å²) < 4.78 is 4.07. The first kappa shape index (κ1) is 7.90. The second-order valence-electron chi connectivity index (χ2n) is 2.38. The molecule has 1 aromatic carbocycles. The van der Waals surface area contributed by atoms with E-state index >= 15 is 0 Å². The first-order chi connectivity index (χ1) is 6.40. The molecule has 1 aromatic heterocycles. The molecule has 0 unspecified atom stereocenters. The number of benzene rings is 1. The van der Waals surface area contributed by atoms with E-state index < -0.39 is 0 Å². The minimum absolute atomic E-state index is 0.388. The van der Waals surface area contributed by atoms with E-state index in [9.17, 15) is 0 Å². The van der Waals surface area contributed by atoms with Crippen LogP contribution in [0.25, 0.3) is 16.2 Å². The third-order valence-electron chi connectivity index (χ3n) is 1.54. The van der Waals surface area contributed by atoms with E-state index in [1.807, 2.05) is 30.3 Å². The molecule has 0 aliphatic rings. The van der Waals surface area contributed by atoms with Crippen LogP contribution in [0.2, 0.25) is 0 Å². The Labute approximate surface area is 79.7 Å². The van der Waals surface area contributed by atoms with Gasteiger partial charge in [-0.2, -0.15) is 4.37 Å². The van der Waals surface area contributed by atoms with Gasteiger partial charge in [0.25, 0.3) is 5.82 Å². The lowest BCUT2D eigenvalue weighted by Gasteiger charge is -1.87. The first-order valence-corrected chi connectivity index (χ1v) is 4.44. The average molecular weight is 187 g/mol. The van der Waals surface area contributed by atoms with Gasteiger partial charge in [0.1, 0.15) is 0 Å². The largest absolute Gasteiger partial charge is 0.350 e. The molecular weight excluding hydrogens is 182 g/mol. The summed E-state index contributed by atoms with van der Waals surface area (Å²) in [5, 5.41) is 0.388. The van der Waals surface area contributed by atoms with Crippen molar-refractivity contribution in [3.05, 3.63) is 41.7 Å². The summed E-state index contributed by atoms with van der Waals surface area (Å²) in [4.78, 5) is 7.26. The Bertz CT molecular complexity index is 441. The zero-order valence-corrected chi connectivity index (χ0v) is 7.45. The van der Waals surface area contributed by atoms with E-state index in [1.165, 1.54) is 0 Å². The Morgan fingerprint density at radius 3 is 2.62 bits per heavy atom. The molecule has 13 heavy (non-hydrogen) atoms. The van der Waals surface area contributed by atoms with Crippen molar-refractivity contribution in [3.8, 4) is 11.4 Å². The highest BCUT2D eigenvalue weighted by Gasteiger charge is 2.07. The van der Waals surface area contributed by atoms with Crippen LogP contribution in [0, 0.1) is 6.57 Å². The summed E-state index contributed by atoms with van der Waals surface area (Å²) in [6.45, 7) is 6.75. The fourth-order valence-corrected chi connectivity index (χ4v) is 1.45. The van der Waals surface area contributed by atoms with Crippen LogP contribution in [-0.2, 0) is 0 Å². The first-order valence-electron chi connectivity index (χ1n) is 3.67. The van der Waals surface area contributed by atoms with Crippen molar-refractivity contribution in [2.75, 3.05) is 0 Å². The zero-order chi connectivity index (χ0) is 9.10. The second-order valence-corrected chi connectivity index (χ2v) is 3.11. The molecule has 0 saturated heterocycles. The van der Waals surface area contributed by atoms with Crippen molar-refractivity contribution in [3.63, 3.8) is 0 Å². The minimum Gasteiger partial charge on any atom is -0.350 e. The fraction of sp³-hybridized carbons (Fsp3) is 0. The number of rotatable bonds is 1. The molecule has 0 atom stereocenters. The monoisotopic (exact) mass is 187 g/mol. The van der Waals surface area contributed by atoms with E-state index in [0.29, 0.717) is 11.0 Å². The molecule has 0 spiro atoms. The molecule has 2 aromatic rings. The highest BCUT2D eigenvalue weighted by molar-refractivity contribution is 7.10. The smallest absolute Gasteiger partial charge is 0.348 e. The predicted octanol–water partition coefficient (Wildman–Crippen LogP) is 2.76. The summed E-state index contributed by atoms with van der Waals surface area (Å²) in [7, 11) is 0. The van der Waals surface area contributed by atoms with Crippen molar-refractivity contribution >= 4 is 16.7 Å². The average Bonchev–Trinajstić information content (AvgIpc) is 2.67. The summed E-state index contributed by atoms with van der Waals surface area (Å²) in [5.41, 5.74) is 0.952. The molecule has 0 fully saturated rings. The van der Waals surface area contributed by atoms with Crippen molar-refractivity contribution in [2.45, 2.75) is 0 Å². The van der Waals surface area contributed by atoms with Crippen LogP contribution in [-0.4, -0.2) is 9.36 Å². The van der Waals surface area contributed by atoms with Gasteiger partial charge in [-0.3, -0.25) is 0 Å². The molecule has 1 heterocycles. The van der Waals surface area contributed by atoms with E-state index in [0.717, 1.165) is 17.1 Å². The minimum atomic E-state index is 0.388. The lowest BCUT2D eigenvalue weighted by molar-refractivity contribution is 1.34. The number of nitrogens with zero attached hydrogens (tertiary/aromatic N) is 3. The third kappa shape index (κ3) is 1.55. The molecule has 0 aliphatic heterocycles. The normalized spacial score (nSPS) is 9.46. The highest BCUT2D eigenvalue weighted by atomic mass is 32.1. The van der Waals surface area contributed by atoms with Crippen molar-refractivity contribution in [2.24, 2.45) is 0 Å². The molecule has 62 valence electrons. The van der Waals surface area contributed by atoms with Gasteiger partial charge in [-0.25, -0.2) is 0 Å². The van der Waals surface area contributed by atoms with Crippen molar-refractivity contribution in [1.82, 2.24) is 9.36 Å². The highest BCUT2D eigenvalue weighted by Crippen LogP contribution is 2.22. The van der Waals surface area contributed by atoms with Gasteiger partial charge in [0.2, 0.25) is 0 Å². The third-order valence-corrected chi connectivity index (χ3v) is 2.15. The van der Waals surface area contributed by atoms with Crippen LogP contribution in [0.15, 0.2) is 30.3 Å². The zero-order valence-electron chi connectivity index (χ0n) is 6.64. The lowest BCUT2D eigenvalue weighted by Crippen LogP contribution is -1.77. The van der Waals surface area contributed by atoms with Crippen LogP contribution in [0.1, 0.15) is 0 Å². The van der Waals surface area contributed by atoms with Gasteiger partial charge in [-0.15, -0.1) is 0 Å². The Morgan fingerprint density at radius 2 is 2.00 bits per heavy atom. The second kappa shape index (κ2) is 3.33. The van der Waals surface area contributed by atoms with Gasteiger partial charge < -0.3 is 4.85 Å². The molecule has 0 radical (unpaired) electrons. The molecule has 0 bridgehead atoms. The topological polar surface area (TPSA) is 30.1 Å². The molecule has 0 saturated carbocycles. The van der Waals surface area contributed by atoms with Crippen LogP contribution in [0.4, 0.5) is 5.13 Å². The van der Waals surface area contributed by atoms with Crippen molar-refractivity contribution in [1.29, 1.82) is 0 Å². The Kier molecular flexibility index (Phi) is 2.02. The molecule has 0 N–H and O–H groups in total. The lowest BCUT2D eigenvalue weighted by atomic mass is 10.2. The molecule has 0 amide bonds. The summed E-state index contributed by atoms with van der Waals surface area (Å²) in [6.07, 6.45) is 0. The van der Waals surface area contributed by atoms with Gasteiger partial charge in [-0.1, -0.05) is 29.8 Å².